The number of aryl methyl sites for hydroxylation is 1. The van der Waals surface area contributed by atoms with Gasteiger partial charge in [0.05, 0.1) is 0 Å². The molecule has 1 N–H and O–H groups in total. The van der Waals surface area contributed by atoms with Gasteiger partial charge in [-0.25, -0.2) is 0 Å². The summed E-state index contributed by atoms with van der Waals surface area (Å²) in [6.07, 6.45) is 0. The molecule has 0 amide bonds. The highest BCUT2D eigenvalue weighted by molar-refractivity contribution is 9.10. The van der Waals surface area contributed by atoms with Gasteiger partial charge in [0.1, 0.15) is 11.8 Å². The molecule has 4 heteroatoms. The van der Waals surface area contributed by atoms with Crippen LogP contribution >= 0.6 is 27.3 Å². The average molecular weight is 286 g/mol. The number of furan rings is 1. The third kappa shape index (κ3) is 2.33. The molecule has 80 valence electrons. The summed E-state index contributed by atoms with van der Waals surface area (Å²) in [5.41, 5.74) is 0. The summed E-state index contributed by atoms with van der Waals surface area (Å²) in [5, 5.41) is 3.26. The molecule has 15 heavy (non-hydrogen) atoms. The van der Waals surface area contributed by atoms with Gasteiger partial charge in [-0.1, -0.05) is 0 Å². The summed E-state index contributed by atoms with van der Waals surface area (Å²) in [6, 6.07) is 8.32. The fourth-order valence-corrected chi connectivity index (χ4v) is 2.83. The molecule has 0 aliphatic carbocycles. The second kappa shape index (κ2) is 4.51. The Bertz CT molecular complexity index is 409. The molecule has 0 radical (unpaired) electrons. The minimum Gasteiger partial charge on any atom is -0.452 e. The first kappa shape index (κ1) is 10.9. The first-order chi connectivity index (χ1) is 7.20. The van der Waals surface area contributed by atoms with E-state index >= 15 is 0 Å². The second-order valence-corrected chi connectivity index (χ2v) is 5.41. The third-order valence-electron chi connectivity index (χ3n) is 2.21. The largest absolute Gasteiger partial charge is 0.452 e. The smallest absolute Gasteiger partial charge is 0.169 e. The summed E-state index contributed by atoms with van der Waals surface area (Å²) >= 11 is 5.10. The van der Waals surface area contributed by atoms with E-state index in [0.717, 1.165) is 10.4 Å². The van der Waals surface area contributed by atoms with Gasteiger partial charge in [-0.05, 0) is 54.2 Å². The Hall–Kier alpha value is -0.580. The van der Waals surface area contributed by atoms with Crippen LogP contribution in [-0.4, -0.2) is 7.05 Å². The number of rotatable bonds is 3. The molecule has 0 bridgehead atoms. The molecule has 2 aromatic heterocycles. The minimum atomic E-state index is 0.148. The van der Waals surface area contributed by atoms with Gasteiger partial charge in [0.25, 0.3) is 0 Å². The molecule has 0 saturated heterocycles. The van der Waals surface area contributed by atoms with Crippen molar-refractivity contribution in [1.82, 2.24) is 5.32 Å². The lowest BCUT2D eigenvalue weighted by Crippen LogP contribution is -2.15. The molecule has 0 aliphatic rings. The van der Waals surface area contributed by atoms with E-state index in [0.29, 0.717) is 0 Å². The van der Waals surface area contributed by atoms with Crippen molar-refractivity contribution in [3.8, 4) is 0 Å². The lowest BCUT2D eigenvalue weighted by Gasteiger charge is -2.10. The van der Waals surface area contributed by atoms with Crippen molar-refractivity contribution in [2.24, 2.45) is 0 Å². The van der Waals surface area contributed by atoms with Crippen LogP contribution in [0.4, 0.5) is 0 Å². The highest BCUT2D eigenvalue weighted by atomic mass is 79.9. The van der Waals surface area contributed by atoms with Crippen molar-refractivity contribution in [2.75, 3.05) is 7.05 Å². The van der Waals surface area contributed by atoms with Gasteiger partial charge in [-0.2, -0.15) is 0 Å². The fraction of sp³-hybridized carbons (Fsp3) is 0.273. The molecular weight excluding hydrogens is 274 g/mol. The molecule has 2 rings (SSSR count). The minimum absolute atomic E-state index is 0.148. The molecule has 2 aromatic rings. The lowest BCUT2D eigenvalue weighted by molar-refractivity contribution is 0.449. The summed E-state index contributed by atoms with van der Waals surface area (Å²) in [7, 11) is 1.94. The quantitative estimate of drug-likeness (QED) is 0.930. The Balaban J connectivity index is 2.32. The predicted molar refractivity (Wildman–Crippen MR) is 66.4 cm³/mol. The standard InChI is InChI=1S/C11H12BrNOS/c1-7-3-5-9(15-7)11(13-2)8-4-6-10(12)14-8/h3-6,11,13H,1-2H3. The van der Waals surface area contributed by atoms with Gasteiger partial charge < -0.3 is 9.73 Å². The first-order valence-electron chi connectivity index (χ1n) is 4.69. The summed E-state index contributed by atoms with van der Waals surface area (Å²) in [4.78, 5) is 2.59. The van der Waals surface area contributed by atoms with E-state index in [-0.39, 0.29) is 6.04 Å². The zero-order chi connectivity index (χ0) is 10.8. The van der Waals surface area contributed by atoms with Crippen LogP contribution in [0.1, 0.15) is 21.6 Å². The van der Waals surface area contributed by atoms with Crippen molar-refractivity contribution < 1.29 is 4.42 Å². The normalized spacial score (nSPS) is 13.0. The van der Waals surface area contributed by atoms with Crippen LogP contribution < -0.4 is 5.32 Å². The number of thiophene rings is 1. The number of halogens is 1. The van der Waals surface area contributed by atoms with Gasteiger partial charge in [-0.15, -0.1) is 11.3 Å². The first-order valence-corrected chi connectivity index (χ1v) is 6.30. The van der Waals surface area contributed by atoms with Crippen LogP contribution in [-0.2, 0) is 0 Å². The number of hydrogen-bond donors (Lipinski definition) is 1. The van der Waals surface area contributed by atoms with Crippen molar-refractivity contribution >= 4 is 27.3 Å². The summed E-state index contributed by atoms with van der Waals surface area (Å²) in [5.74, 6) is 0.936. The summed E-state index contributed by atoms with van der Waals surface area (Å²) in [6.45, 7) is 2.11. The van der Waals surface area contributed by atoms with Gasteiger partial charge in [0, 0.05) is 9.75 Å². The van der Waals surface area contributed by atoms with Crippen LogP contribution in [0.25, 0.3) is 0 Å². The van der Waals surface area contributed by atoms with Gasteiger partial charge in [0.15, 0.2) is 4.67 Å². The maximum Gasteiger partial charge on any atom is 0.169 e. The Morgan fingerprint density at radius 3 is 2.60 bits per heavy atom. The molecule has 2 nitrogen and oxygen atoms in total. The van der Waals surface area contributed by atoms with Crippen LogP contribution in [0.15, 0.2) is 33.4 Å². The van der Waals surface area contributed by atoms with Gasteiger partial charge in [0.2, 0.25) is 0 Å². The average Bonchev–Trinajstić information content (AvgIpc) is 2.78. The summed E-state index contributed by atoms with van der Waals surface area (Å²) < 4.78 is 6.33. The number of nitrogens with one attached hydrogen (secondary N) is 1. The maximum absolute atomic E-state index is 5.56. The van der Waals surface area contributed by atoms with Gasteiger partial charge in [-0.3, -0.25) is 0 Å². The van der Waals surface area contributed by atoms with Crippen LogP contribution in [0.3, 0.4) is 0 Å². The molecule has 0 spiro atoms. The molecule has 1 unspecified atom stereocenters. The number of hydrogen-bond acceptors (Lipinski definition) is 3. The van der Waals surface area contributed by atoms with E-state index in [1.54, 1.807) is 11.3 Å². The molecule has 0 aliphatic heterocycles. The Morgan fingerprint density at radius 2 is 2.13 bits per heavy atom. The predicted octanol–water partition coefficient (Wildman–Crippen LogP) is 3.72. The van der Waals surface area contributed by atoms with Crippen LogP contribution in [0.2, 0.25) is 0 Å². The topological polar surface area (TPSA) is 25.2 Å². The van der Waals surface area contributed by atoms with E-state index in [2.05, 4.69) is 40.3 Å². The molecule has 0 saturated carbocycles. The Kier molecular flexibility index (Phi) is 3.29. The molecule has 0 fully saturated rings. The lowest BCUT2D eigenvalue weighted by atomic mass is 10.2. The molecule has 2 heterocycles. The monoisotopic (exact) mass is 285 g/mol. The van der Waals surface area contributed by atoms with E-state index in [4.69, 9.17) is 4.42 Å². The zero-order valence-electron chi connectivity index (χ0n) is 8.58. The Labute approximate surface area is 101 Å². The SMILES string of the molecule is CNC(c1ccc(Br)o1)c1ccc(C)s1. The van der Waals surface area contributed by atoms with Gasteiger partial charge >= 0.3 is 0 Å². The van der Waals surface area contributed by atoms with E-state index < -0.39 is 0 Å². The van der Waals surface area contributed by atoms with E-state index in [1.165, 1.54) is 9.75 Å². The highest BCUT2D eigenvalue weighted by Crippen LogP contribution is 2.30. The van der Waals surface area contributed by atoms with Crippen molar-refractivity contribution in [3.63, 3.8) is 0 Å². The molecule has 0 aromatic carbocycles. The molecule has 1 atom stereocenters. The highest BCUT2D eigenvalue weighted by Gasteiger charge is 2.16. The van der Waals surface area contributed by atoms with Crippen LogP contribution in [0.5, 0.6) is 0 Å². The van der Waals surface area contributed by atoms with Crippen molar-refractivity contribution in [2.45, 2.75) is 13.0 Å². The van der Waals surface area contributed by atoms with E-state index in [9.17, 15) is 0 Å². The van der Waals surface area contributed by atoms with Crippen molar-refractivity contribution in [3.05, 3.63) is 44.4 Å². The fourth-order valence-electron chi connectivity index (χ4n) is 1.52. The van der Waals surface area contributed by atoms with E-state index in [1.807, 2.05) is 19.2 Å². The van der Waals surface area contributed by atoms with Crippen LogP contribution in [0, 0.1) is 6.92 Å². The second-order valence-electron chi connectivity index (χ2n) is 3.31. The third-order valence-corrected chi connectivity index (χ3v) is 3.70. The molecular formula is C11H12BrNOS. The Morgan fingerprint density at radius 1 is 1.33 bits per heavy atom. The maximum atomic E-state index is 5.56. The zero-order valence-corrected chi connectivity index (χ0v) is 11.0. The van der Waals surface area contributed by atoms with Crippen molar-refractivity contribution in [1.29, 1.82) is 0 Å².